The Morgan fingerprint density at radius 1 is 1.35 bits per heavy atom. The summed E-state index contributed by atoms with van der Waals surface area (Å²) in [6.45, 7) is 13.3. The predicted octanol–water partition coefficient (Wildman–Crippen LogP) is 3.48. The minimum absolute atomic E-state index is 0.00613. The summed E-state index contributed by atoms with van der Waals surface area (Å²) in [7, 11) is 0. The van der Waals surface area contributed by atoms with E-state index in [1.54, 1.807) is 0 Å². The monoisotopic (exact) mass is 257 g/mol. The van der Waals surface area contributed by atoms with Crippen LogP contribution in [-0.2, 0) is 4.74 Å². The van der Waals surface area contributed by atoms with E-state index in [-0.39, 0.29) is 11.5 Å². The average Bonchev–Trinajstić information content (AvgIpc) is 2.59. The molecule has 1 atom stereocenters. The molecule has 0 spiro atoms. The van der Waals surface area contributed by atoms with Gasteiger partial charge in [-0.1, -0.05) is 20.8 Å². The number of ether oxygens (including phenoxy) is 1. The summed E-state index contributed by atoms with van der Waals surface area (Å²) in [6, 6.07) is 0.371. The molecule has 5 heteroatoms. The minimum Gasteiger partial charge on any atom is -0.370 e. The molecular weight excluding hydrogens is 234 g/mol. The summed E-state index contributed by atoms with van der Waals surface area (Å²) in [6.07, 6.45) is -0.0496. The predicted molar refractivity (Wildman–Crippen MR) is 72.5 cm³/mol. The molecule has 0 aromatic carbocycles. The van der Waals surface area contributed by atoms with Gasteiger partial charge in [0.15, 0.2) is 5.82 Å². The van der Waals surface area contributed by atoms with E-state index in [1.165, 1.54) is 11.5 Å². The van der Waals surface area contributed by atoms with Gasteiger partial charge < -0.3 is 10.1 Å². The standard InChI is InChI=1S/C12H23N3OS/c1-7-16-9(12(4,5)6)10-14-11(17-15-10)13-8(2)3/h8-9H,7H2,1-6H3,(H,13,14,15). The number of nitrogens with one attached hydrogen (secondary N) is 1. The Morgan fingerprint density at radius 2 is 2.00 bits per heavy atom. The molecule has 0 aliphatic carbocycles. The van der Waals surface area contributed by atoms with Gasteiger partial charge in [-0.05, 0) is 26.2 Å². The highest BCUT2D eigenvalue weighted by Crippen LogP contribution is 2.35. The van der Waals surface area contributed by atoms with Crippen LogP contribution in [0.15, 0.2) is 0 Å². The first-order valence-corrected chi connectivity index (χ1v) is 6.83. The van der Waals surface area contributed by atoms with Gasteiger partial charge in [-0.2, -0.15) is 4.37 Å². The largest absolute Gasteiger partial charge is 0.370 e. The minimum atomic E-state index is -0.0496. The van der Waals surface area contributed by atoms with Crippen LogP contribution in [0.2, 0.25) is 0 Å². The lowest BCUT2D eigenvalue weighted by Crippen LogP contribution is -2.22. The van der Waals surface area contributed by atoms with Crippen molar-refractivity contribution >= 4 is 16.7 Å². The highest BCUT2D eigenvalue weighted by molar-refractivity contribution is 7.09. The molecule has 1 unspecified atom stereocenters. The molecule has 0 amide bonds. The molecule has 0 bridgehead atoms. The Labute approximate surface area is 108 Å². The van der Waals surface area contributed by atoms with Crippen LogP contribution < -0.4 is 5.32 Å². The number of hydrogen-bond acceptors (Lipinski definition) is 5. The Hall–Kier alpha value is -0.680. The summed E-state index contributed by atoms with van der Waals surface area (Å²) >= 11 is 1.40. The van der Waals surface area contributed by atoms with Crippen molar-refractivity contribution in [3.63, 3.8) is 0 Å². The zero-order valence-corrected chi connectivity index (χ0v) is 12.4. The summed E-state index contributed by atoms with van der Waals surface area (Å²) in [5.74, 6) is 0.785. The Kier molecular flexibility index (Phi) is 4.89. The average molecular weight is 257 g/mol. The number of hydrogen-bond donors (Lipinski definition) is 1. The van der Waals surface area contributed by atoms with Crippen LogP contribution in [0.1, 0.15) is 53.5 Å². The fraction of sp³-hybridized carbons (Fsp3) is 0.833. The summed E-state index contributed by atoms with van der Waals surface area (Å²) in [4.78, 5) is 4.51. The lowest BCUT2D eigenvalue weighted by Gasteiger charge is -2.27. The lowest BCUT2D eigenvalue weighted by atomic mass is 9.88. The molecule has 0 saturated carbocycles. The van der Waals surface area contributed by atoms with E-state index in [4.69, 9.17) is 4.74 Å². The van der Waals surface area contributed by atoms with E-state index in [0.717, 1.165) is 11.0 Å². The summed E-state index contributed by atoms with van der Waals surface area (Å²) < 4.78 is 10.2. The second-order valence-corrected chi connectivity index (χ2v) is 6.21. The Bertz CT molecular complexity index is 344. The second-order valence-electron chi connectivity index (χ2n) is 5.46. The fourth-order valence-electron chi connectivity index (χ4n) is 1.53. The van der Waals surface area contributed by atoms with Crippen LogP contribution in [0.3, 0.4) is 0 Å². The van der Waals surface area contributed by atoms with Crippen LogP contribution in [-0.4, -0.2) is 22.0 Å². The summed E-state index contributed by atoms with van der Waals surface area (Å²) in [5, 5.41) is 4.13. The van der Waals surface area contributed by atoms with Gasteiger partial charge in [-0.25, -0.2) is 4.98 Å². The first kappa shape index (κ1) is 14.4. The second kappa shape index (κ2) is 5.78. The topological polar surface area (TPSA) is 47.0 Å². The van der Waals surface area contributed by atoms with Gasteiger partial charge in [0.2, 0.25) is 5.13 Å². The van der Waals surface area contributed by atoms with E-state index >= 15 is 0 Å². The number of anilines is 1. The van der Waals surface area contributed by atoms with Crippen molar-refractivity contribution in [1.82, 2.24) is 9.36 Å². The maximum atomic E-state index is 5.76. The quantitative estimate of drug-likeness (QED) is 0.877. The Balaban J connectivity index is 2.84. The molecule has 0 aliphatic heterocycles. The third-order valence-corrected chi connectivity index (χ3v) is 2.87. The van der Waals surface area contributed by atoms with Crippen molar-refractivity contribution in [2.75, 3.05) is 11.9 Å². The van der Waals surface area contributed by atoms with E-state index in [9.17, 15) is 0 Å². The van der Waals surface area contributed by atoms with Crippen LogP contribution in [0.25, 0.3) is 0 Å². The van der Waals surface area contributed by atoms with Gasteiger partial charge in [0.05, 0.1) is 0 Å². The highest BCUT2D eigenvalue weighted by Gasteiger charge is 2.30. The molecule has 0 aliphatic rings. The molecular formula is C12H23N3OS. The number of rotatable bonds is 5. The SMILES string of the molecule is CCOC(c1nsc(NC(C)C)n1)C(C)(C)C. The molecule has 1 aromatic rings. The number of nitrogens with zero attached hydrogens (tertiary/aromatic N) is 2. The maximum absolute atomic E-state index is 5.76. The highest BCUT2D eigenvalue weighted by atomic mass is 32.1. The van der Waals surface area contributed by atoms with E-state index in [0.29, 0.717) is 12.6 Å². The normalized spacial score (nSPS) is 14.1. The van der Waals surface area contributed by atoms with Crippen molar-refractivity contribution in [3.8, 4) is 0 Å². The van der Waals surface area contributed by atoms with Crippen LogP contribution >= 0.6 is 11.5 Å². The van der Waals surface area contributed by atoms with Crippen molar-refractivity contribution < 1.29 is 4.74 Å². The van der Waals surface area contributed by atoms with Gasteiger partial charge in [-0.15, -0.1) is 0 Å². The lowest BCUT2D eigenvalue weighted by molar-refractivity contribution is -0.0183. The smallest absolute Gasteiger partial charge is 0.202 e. The van der Waals surface area contributed by atoms with Crippen molar-refractivity contribution in [2.45, 2.75) is 53.7 Å². The molecule has 1 N–H and O–H groups in total. The first-order chi connectivity index (χ1) is 7.84. The molecule has 1 rings (SSSR count). The van der Waals surface area contributed by atoms with Gasteiger partial charge in [0, 0.05) is 24.2 Å². The van der Waals surface area contributed by atoms with Crippen molar-refractivity contribution in [2.24, 2.45) is 5.41 Å². The van der Waals surface area contributed by atoms with Gasteiger partial charge in [-0.3, -0.25) is 0 Å². The van der Waals surface area contributed by atoms with E-state index in [1.807, 2.05) is 6.92 Å². The van der Waals surface area contributed by atoms with Crippen molar-refractivity contribution in [1.29, 1.82) is 0 Å². The fourth-order valence-corrected chi connectivity index (χ4v) is 2.26. The summed E-state index contributed by atoms with van der Waals surface area (Å²) in [5.41, 5.74) is 0.00613. The van der Waals surface area contributed by atoms with Gasteiger partial charge >= 0.3 is 0 Å². The van der Waals surface area contributed by atoms with Crippen LogP contribution in [0.4, 0.5) is 5.13 Å². The maximum Gasteiger partial charge on any atom is 0.202 e. The molecule has 0 fully saturated rings. The molecule has 17 heavy (non-hydrogen) atoms. The third-order valence-electron chi connectivity index (χ3n) is 2.21. The van der Waals surface area contributed by atoms with Gasteiger partial charge in [0.25, 0.3) is 0 Å². The zero-order valence-electron chi connectivity index (χ0n) is 11.6. The Morgan fingerprint density at radius 3 is 2.47 bits per heavy atom. The van der Waals surface area contributed by atoms with Crippen molar-refractivity contribution in [3.05, 3.63) is 5.82 Å². The molecule has 0 radical (unpaired) electrons. The van der Waals surface area contributed by atoms with E-state index in [2.05, 4.69) is 49.3 Å². The molecule has 4 nitrogen and oxygen atoms in total. The molecule has 1 heterocycles. The molecule has 0 saturated heterocycles. The molecule has 1 aromatic heterocycles. The van der Waals surface area contributed by atoms with E-state index < -0.39 is 0 Å². The van der Waals surface area contributed by atoms with Crippen LogP contribution in [0.5, 0.6) is 0 Å². The molecule has 98 valence electrons. The number of aromatic nitrogens is 2. The van der Waals surface area contributed by atoms with Crippen LogP contribution in [0, 0.1) is 5.41 Å². The zero-order chi connectivity index (χ0) is 13.1. The third kappa shape index (κ3) is 4.24. The first-order valence-electron chi connectivity index (χ1n) is 6.06. The van der Waals surface area contributed by atoms with Gasteiger partial charge in [0.1, 0.15) is 6.10 Å².